The van der Waals surface area contributed by atoms with E-state index < -0.39 is 35.0 Å². The topological polar surface area (TPSA) is 113 Å². The molecule has 0 radical (unpaired) electrons. The molecule has 2 aliphatic heterocycles. The number of carbonyl (C=O) groups is 4. The van der Waals surface area contributed by atoms with Crippen molar-refractivity contribution in [2.75, 3.05) is 24.0 Å². The highest BCUT2D eigenvalue weighted by Crippen LogP contribution is 2.64. The van der Waals surface area contributed by atoms with E-state index in [0.29, 0.717) is 46.8 Å². The molecule has 0 aromatic heterocycles. The van der Waals surface area contributed by atoms with Gasteiger partial charge in [-0.1, -0.05) is 78.4 Å². The number of carbonyl (C=O) groups excluding carboxylic acids is 4. The van der Waals surface area contributed by atoms with Crippen LogP contribution < -0.4 is 19.3 Å². The van der Waals surface area contributed by atoms with Crippen molar-refractivity contribution in [3.05, 3.63) is 138 Å². The Labute approximate surface area is 320 Å². The summed E-state index contributed by atoms with van der Waals surface area (Å²) in [5, 5.41) is 11.7. The number of aromatic hydroxyl groups is 1. The predicted octanol–water partition coefficient (Wildman–Crippen LogP) is 7.74. The molecule has 0 bridgehead atoms. The minimum atomic E-state index is -1.25. The molecule has 8 rings (SSSR count). The molecule has 278 valence electrons. The summed E-state index contributed by atoms with van der Waals surface area (Å²) in [6.45, 7) is 5.67. The smallest absolute Gasteiger partial charge is 0.241 e. The van der Waals surface area contributed by atoms with Crippen LogP contribution in [0.1, 0.15) is 47.9 Å². The van der Waals surface area contributed by atoms with Crippen LogP contribution in [0.4, 0.5) is 11.4 Å². The molecule has 4 amide bonds. The monoisotopic (exact) mass is 734 g/mol. The molecule has 0 unspecified atom stereocenters. The van der Waals surface area contributed by atoms with E-state index in [9.17, 15) is 24.3 Å². The zero-order valence-electron chi connectivity index (χ0n) is 31.0. The molecule has 2 saturated heterocycles. The fourth-order valence-electron chi connectivity index (χ4n) is 9.49. The fourth-order valence-corrected chi connectivity index (χ4v) is 9.49. The maximum absolute atomic E-state index is 14.7. The average molecular weight is 735 g/mol. The predicted molar refractivity (Wildman–Crippen MR) is 210 cm³/mol. The van der Waals surface area contributed by atoms with Gasteiger partial charge < -0.3 is 14.6 Å². The summed E-state index contributed by atoms with van der Waals surface area (Å²) in [7, 11) is 3.21. The Balaban J connectivity index is 1.15. The maximum Gasteiger partial charge on any atom is 0.241 e. The highest BCUT2D eigenvalue weighted by Gasteiger charge is 2.68. The van der Waals surface area contributed by atoms with Crippen molar-refractivity contribution in [2.24, 2.45) is 29.1 Å². The van der Waals surface area contributed by atoms with E-state index in [0.717, 1.165) is 16.7 Å². The van der Waals surface area contributed by atoms with Crippen LogP contribution in [0.5, 0.6) is 17.2 Å². The number of phenols is 1. The number of imide groups is 2. The Morgan fingerprint density at radius 1 is 0.818 bits per heavy atom. The SMILES string of the molecule is C=CCc1cccc([C@H]2C3=CC[C@@H]4C(=O)N(c5ccc(C=Cc6cc(OC)ccc6OC)cc5)C(=O)[C@@H]4[C@@H]3C[C@H]3C(=O)N(c4ccccc4)C(=O)[C@@]23C)c1O. The van der Waals surface area contributed by atoms with Crippen molar-refractivity contribution >= 4 is 47.2 Å². The van der Waals surface area contributed by atoms with Crippen molar-refractivity contribution in [2.45, 2.75) is 32.1 Å². The van der Waals surface area contributed by atoms with Crippen LogP contribution in [-0.2, 0) is 25.6 Å². The van der Waals surface area contributed by atoms with Gasteiger partial charge in [0.2, 0.25) is 23.6 Å². The number of hydrogen-bond acceptors (Lipinski definition) is 7. The largest absolute Gasteiger partial charge is 0.507 e. The molecule has 0 spiro atoms. The van der Waals surface area contributed by atoms with Gasteiger partial charge in [-0.25, -0.2) is 4.90 Å². The van der Waals surface area contributed by atoms with Gasteiger partial charge in [0, 0.05) is 17.0 Å². The second kappa shape index (κ2) is 13.9. The maximum atomic E-state index is 14.7. The number of nitrogens with zero attached hydrogens (tertiary/aromatic N) is 2. The second-order valence-electron chi connectivity index (χ2n) is 14.9. The molecular weight excluding hydrogens is 693 g/mol. The highest BCUT2D eigenvalue weighted by atomic mass is 16.5. The number of para-hydroxylation sites is 2. The molecule has 9 heteroatoms. The first-order chi connectivity index (χ1) is 26.6. The summed E-state index contributed by atoms with van der Waals surface area (Å²) in [5.41, 5.74) is 3.38. The van der Waals surface area contributed by atoms with Crippen LogP contribution in [0.3, 0.4) is 0 Å². The Kier molecular flexibility index (Phi) is 9.04. The number of rotatable bonds is 9. The second-order valence-corrected chi connectivity index (χ2v) is 14.9. The van der Waals surface area contributed by atoms with Crippen molar-refractivity contribution in [1.29, 1.82) is 0 Å². The third-order valence-electron chi connectivity index (χ3n) is 12.2. The standard InChI is InChI=1S/C46H42N2O7/c1-5-10-28-11-9-14-35(41(28)49)40-33-22-23-34-39(36(33)26-37-43(51)48(45(53)46(37,40)2)30-12-7-6-8-13-30)44(52)47(42(34)50)31-19-16-27(17-20-31)15-18-29-25-32(54-3)21-24-38(29)55-4/h5-9,11-22,24-25,34,36-37,39-40,49H,1,10,23,26H2,2-4H3/t34-,36+,37-,39-,40+,46+/m0/s1. The molecule has 9 nitrogen and oxygen atoms in total. The van der Waals surface area contributed by atoms with E-state index in [4.69, 9.17) is 9.47 Å². The van der Waals surface area contributed by atoms with Gasteiger partial charge in [0.05, 0.1) is 48.8 Å². The Hall–Kier alpha value is -6.22. The summed E-state index contributed by atoms with van der Waals surface area (Å²) in [4.78, 5) is 60.5. The van der Waals surface area contributed by atoms with Crippen molar-refractivity contribution in [1.82, 2.24) is 0 Å². The minimum absolute atomic E-state index is 0.0453. The van der Waals surface area contributed by atoms with E-state index in [1.165, 1.54) is 9.80 Å². The van der Waals surface area contributed by atoms with Gasteiger partial charge in [-0.2, -0.15) is 0 Å². The third kappa shape index (κ3) is 5.60. The highest BCUT2D eigenvalue weighted by molar-refractivity contribution is 6.25. The molecule has 1 saturated carbocycles. The van der Waals surface area contributed by atoms with E-state index >= 15 is 0 Å². The lowest BCUT2D eigenvalue weighted by atomic mass is 9.51. The van der Waals surface area contributed by atoms with E-state index in [-0.39, 0.29) is 35.8 Å². The number of phenolic OH excluding ortho intramolecular Hbond substituents is 1. The number of anilines is 2. The number of amides is 4. The minimum Gasteiger partial charge on any atom is -0.507 e. The lowest BCUT2D eigenvalue weighted by molar-refractivity contribution is -0.131. The van der Waals surface area contributed by atoms with E-state index in [1.807, 2.05) is 73.7 Å². The van der Waals surface area contributed by atoms with Crippen LogP contribution in [-0.4, -0.2) is 43.0 Å². The average Bonchev–Trinajstić information content (AvgIpc) is 3.57. The summed E-state index contributed by atoms with van der Waals surface area (Å²) < 4.78 is 10.9. The molecule has 4 aromatic rings. The van der Waals surface area contributed by atoms with Crippen LogP contribution in [0.2, 0.25) is 0 Å². The molecule has 2 heterocycles. The number of methoxy groups -OCH3 is 2. The number of ether oxygens (including phenoxy) is 2. The summed E-state index contributed by atoms with van der Waals surface area (Å²) in [5.74, 6) is -3.20. The molecule has 1 N–H and O–H groups in total. The summed E-state index contributed by atoms with van der Waals surface area (Å²) in [6, 6.07) is 27.1. The molecule has 55 heavy (non-hydrogen) atoms. The van der Waals surface area contributed by atoms with Crippen molar-refractivity contribution < 1.29 is 33.8 Å². The number of allylic oxidation sites excluding steroid dienone is 3. The first kappa shape index (κ1) is 35.8. The van der Waals surface area contributed by atoms with Gasteiger partial charge in [-0.15, -0.1) is 6.58 Å². The molecule has 4 aromatic carbocycles. The van der Waals surface area contributed by atoms with Gasteiger partial charge in [-0.05, 0) is 85.7 Å². The van der Waals surface area contributed by atoms with Gasteiger partial charge in [0.25, 0.3) is 0 Å². The van der Waals surface area contributed by atoms with Crippen molar-refractivity contribution in [3.8, 4) is 17.2 Å². The fraction of sp³-hybridized carbons (Fsp3) is 0.261. The Morgan fingerprint density at radius 3 is 2.27 bits per heavy atom. The lowest BCUT2D eigenvalue weighted by Gasteiger charge is -2.49. The molecule has 3 fully saturated rings. The summed E-state index contributed by atoms with van der Waals surface area (Å²) in [6.07, 6.45) is 8.47. The van der Waals surface area contributed by atoms with Crippen LogP contribution >= 0.6 is 0 Å². The Bertz CT molecular complexity index is 2290. The van der Waals surface area contributed by atoms with Crippen LogP contribution in [0.25, 0.3) is 12.2 Å². The van der Waals surface area contributed by atoms with E-state index in [1.54, 1.807) is 62.8 Å². The zero-order chi connectivity index (χ0) is 38.6. The molecule has 6 atom stereocenters. The molecular formula is C46H42N2O7. The number of fused-ring (bicyclic) bond motifs is 4. The normalized spacial score (nSPS) is 25.8. The number of benzene rings is 4. The molecule has 4 aliphatic rings. The number of hydrogen-bond donors (Lipinski definition) is 1. The molecule has 2 aliphatic carbocycles. The quantitative estimate of drug-likeness (QED) is 0.106. The van der Waals surface area contributed by atoms with Crippen LogP contribution in [0, 0.1) is 29.1 Å². The van der Waals surface area contributed by atoms with E-state index in [2.05, 4.69) is 6.58 Å². The van der Waals surface area contributed by atoms with Gasteiger partial charge in [0.15, 0.2) is 0 Å². The van der Waals surface area contributed by atoms with Gasteiger partial charge >= 0.3 is 0 Å². The third-order valence-corrected chi connectivity index (χ3v) is 12.2. The van der Waals surface area contributed by atoms with Crippen LogP contribution in [0.15, 0.2) is 115 Å². The first-order valence-corrected chi connectivity index (χ1v) is 18.5. The Morgan fingerprint density at radius 2 is 1.56 bits per heavy atom. The lowest BCUT2D eigenvalue weighted by Crippen LogP contribution is -2.49. The van der Waals surface area contributed by atoms with Crippen molar-refractivity contribution in [3.63, 3.8) is 0 Å². The first-order valence-electron chi connectivity index (χ1n) is 18.5. The van der Waals surface area contributed by atoms with Gasteiger partial charge in [0.1, 0.15) is 17.2 Å². The zero-order valence-corrected chi connectivity index (χ0v) is 31.0. The van der Waals surface area contributed by atoms with Gasteiger partial charge in [-0.3, -0.25) is 24.1 Å². The summed E-state index contributed by atoms with van der Waals surface area (Å²) >= 11 is 0.